The zero-order valence-electron chi connectivity index (χ0n) is 17.2. The fourth-order valence-electron chi connectivity index (χ4n) is 4.06. The Balaban J connectivity index is 1.63. The molecule has 1 atom stereocenters. The summed E-state index contributed by atoms with van der Waals surface area (Å²) in [6.45, 7) is 3.59. The number of amides is 2. The van der Waals surface area contributed by atoms with Crippen molar-refractivity contribution in [1.29, 1.82) is 0 Å². The van der Waals surface area contributed by atoms with Gasteiger partial charge in [0.15, 0.2) is 0 Å². The second kappa shape index (κ2) is 8.95. The van der Waals surface area contributed by atoms with E-state index in [9.17, 15) is 9.59 Å². The average Bonchev–Trinajstić information content (AvgIpc) is 3.13. The van der Waals surface area contributed by atoms with Gasteiger partial charge in [0.2, 0.25) is 5.91 Å². The molecule has 0 radical (unpaired) electrons. The Kier molecular flexibility index (Phi) is 5.94. The monoisotopic (exact) mass is 398 g/mol. The quantitative estimate of drug-likeness (QED) is 0.595. The van der Waals surface area contributed by atoms with Crippen LogP contribution in [-0.4, -0.2) is 34.2 Å². The van der Waals surface area contributed by atoms with Crippen molar-refractivity contribution in [3.05, 3.63) is 107 Å². The summed E-state index contributed by atoms with van der Waals surface area (Å²) < 4.78 is 0. The number of rotatable bonds is 7. The molecule has 0 aromatic heterocycles. The van der Waals surface area contributed by atoms with E-state index >= 15 is 0 Å². The van der Waals surface area contributed by atoms with Gasteiger partial charge in [-0.2, -0.15) is 0 Å². The first-order valence-corrected chi connectivity index (χ1v) is 10.4. The molecule has 152 valence electrons. The molecule has 0 spiro atoms. The van der Waals surface area contributed by atoms with Crippen molar-refractivity contribution in [1.82, 2.24) is 9.80 Å². The third-order valence-electron chi connectivity index (χ3n) is 5.69. The second-order valence-electron chi connectivity index (χ2n) is 7.63. The Morgan fingerprint density at radius 1 is 0.900 bits per heavy atom. The molecule has 0 N–H and O–H groups in total. The van der Waals surface area contributed by atoms with Crippen molar-refractivity contribution in [2.75, 3.05) is 6.54 Å². The Hall–Kier alpha value is -3.40. The Bertz CT molecular complexity index is 1020. The maximum Gasteiger partial charge on any atom is 0.255 e. The van der Waals surface area contributed by atoms with Crippen LogP contribution < -0.4 is 0 Å². The lowest BCUT2D eigenvalue weighted by molar-refractivity contribution is -0.136. The van der Waals surface area contributed by atoms with Gasteiger partial charge in [0.05, 0.1) is 0 Å². The molecule has 0 saturated carbocycles. The van der Waals surface area contributed by atoms with Gasteiger partial charge in [0.1, 0.15) is 6.04 Å². The minimum absolute atomic E-state index is 0.00800. The van der Waals surface area contributed by atoms with Crippen molar-refractivity contribution in [2.45, 2.75) is 32.5 Å². The van der Waals surface area contributed by atoms with E-state index < -0.39 is 6.04 Å². The molecule has 3 aromatic carbocycles. The number of carbonyl (C=O) groups is 2. The van der Waals surface area contributed by atoms with Gasteiger partial charge in [-0.15, -0.1) is 0 Å². The molecule has 0 bridgehead atoms. The molecule has 3 aromatic rings. The minimum Gasteiger partial charge on any atom is -0.337 e. The van der Waals surface area contributed by atoms with E-state index in [4.69, 9.17) is 0 Å². The number of benzene rings is 3. The number of hydrogen-bond donors (Lipinski definition) is 0. The lowest BCUT2D eigenvalue weighted by Gasteiger charge is -2.32. The molecule has 4 nitrogen and oxygen atoms in total. The maximum absolute atomic E-state index is 13.7. The third kappa shape index (κ3) is 4.13. The summed E-state index contributed by atoms with van der Waals surface area (Å²) in [5.41, 5.74) is 3.83. The Labute approximate surface area is 177 Å². The van der Waals surface area contributed by atoms with Crippen molar-refractivity contribution in [3.63, 3.8) is 0 Å². The van der Waals surface area contributed by atoms with Crippen LogP contribution in [0.25, 0.3) is 0 Å². The largest absolute Gasteiger partial charge is 0.337 e. The van der Waals surface area contributed by atoms with Crippen molar-refractivity contribution >= 4 is 11.8 Å². The fourth-order valence-corrected chi connectivity index (χ4v) is 4.06. The summed E-state index contributed by atoms with van der Waals surface area (Å²) >= 11 is 0. The van der Waals surface area contributed by atoms with Crippen molar-refractivity contribution in [3.8, 4) is 0 Å². The molecule has 4 heteroatoms. The molecule has 0 fully saturated rings. The van der Waals surface area contributed by atoms with Crippen LogP contribution in [0.5, 0.6) is 0 Å². The van der Waals surface area contributed by atoms with Gasteiger partial charge >= 0.3 is 0 Å². The lowest BCUT2D eigenvalue weighted by Crippen LogP contribution is -2.49. The molecule has 2 amide bonds. The normalized spacial score (nSPS) is 13.8. The molecule has 0 unspecified atom stereocenters. The number of nitrogens with zero attached hydrogens (tertiary/aromatic N) is 2. The fraction of sp³-hybridized carbons (Fsp3) is 0.231. The summed E-state index contributed by atoms with van der Waals surface area (Å²) in [5, 5.41) is 0. The number of likely N-dealkylation sites (N-methyl/N-ethyl adjacent to an activating group) is 1. The van der Waals surface area contributed by atoms with Crippen LogP contribution in [-0.2, 0) is 24.3 Å². The van der Waals surface area contributed by atoms with E-state index in [-0.39, 0.29) is 11.8 Å². The molecule has 0 aliphatic carbocycles. The first kappa shape index (κ1) is 19.9. The van der Waals surface area contributed by atoms with Crippen LogP contribution in [0.2, 0.25) is 0 Å². The van der Waals surface area contributed by atoms with Gasteiger partial charge in [-0.1, -0.05) is 78.9 Å². The van der Waals surface area contributed by atoms with Gasteiger partial charge in [-0.05, 0) is 29.7 Å². The van der Waals surface area contributed by atoms with Gasteiger partial charge in [0, 0.05) is 31.6 Å². The van der Waals surface area contributed by atoms with E-state index in [1.54, 1.807) is 4.90 Å². The van der Waals surface area contributed by atoms with Crippen LogP contribution in [0.3, 0.4) is 0 Å². The first-order chi connectivity index (χ1) is 14.7. The van der Waals surface area contributed by atoms with Crippen LogP contribution in [0.4, 0.5) is 0 Å². The van der Waals surface area contributed by atoms with E-state index in [2.05, 4.69) is 0 Å². The van der Waals surface area contributed by atoms with Crippen LogP contribution >= 0.6 is 0 Å². The standard InChI is InChI=1S/C26H26N2O2/c1-2-27(18-21-13-7-4-8-14-21)26(30)24(17-20-11-5-3-6-12-20)28-19-22-15-9-10-16-23(22)25(28)29/h3-16,24H,2,17-19H2,1H3/t24-/m1/s1. The summed E-state index contributed by atoms with van der Waals surface area (Å²) in [4.78, 5) is 30.4. The van der Waals surface area contributed by atoms with E-state index in [0.29, 0.717) is 31.6 Å². The van der Waals surface area contributed by atoms with Gasteiger partial charge in [-0.25, -0.2) is 0 Å². The second-order valence-corrected chi connectivity index (χ2v) is 7.63. The predicted octanol–water partition coefficient (Wildman–Crippen LogP) is 4.30. The van der Waals surface area contributed by atoms with Crippen LogP contribution in [0.15, 0.2) is 84.9 Å². The van der Waals surface area contributed by atoms with Gasteiger partial charge < -0.3 is 9.80 Å². The molecule has 1 aliphatic rings. The molecule has 1 heterocycles. The van der Waals surface area contributed by atoms with Gasteiger partial charge in [-0.3, -0.25) is 9.59 Å². The van der Waals surface area contributed by atoms with Gasteiger partial charge in [0.25, 0.3) is 5.91 Å². The highest BCUT2D eigenvalue weighted by molar-refractivity contribution is 6.01. The Morgan fingerprint density at radius 2 is 1.50 bits per heavy atom. The first-order valence-electron chi connectivity index (χ1n) is 10.4. The highest BCUT2D eigenvalue weighted by Crippen LogP contribution is 2.27. The maximum atomic E-state index is 13.7. The molecule has 0 saturated heterocycles. The van der Waals surface area contributed by atoms with E-state index in [1.165, 1.54) is 0 Å². The number of carbonyl (C=O) groups excluding carboxylic acids is 2. The molecular formula is C26H26N2O2. The van der Waals surface area contributed by atoms with Crippen molar-refractivity contribution < 1.29 is 9.59 Å². The smallest absolute Gasteiger partial charge is 0.255 e. The summed E-state index contributed by atoms with van der Waals surface area (Å²) in [6, 6.07) is 27.0. The van der Waals surface area contributed by atoms with Crippen LogP contribution in [0, 0.1) is 0 Å². The highest BCUT2D eigenvalue weighted by atomic mass is 16.2. The zero-order chi connectivity index (χ0) is 20.9. The average molecular weight is 399 g/mol. The lowest BCUT2D eigenvalue weighted by atomic mass is 10.0. The highest BCUT2D eigenvalue weighted by Gasteiger charge is 2.37. The van der Waals surface area contributed by atoms with Crippen molar-refractivity contribution in [2.24, 2.45) is 0 Å². The summed E-state index contributed by atoms with van der Waals surface area (Å²) in [5.74, 6) is -0.0676. The SMILES string of the molecule is CCN(Cc1ccccc1)C(=O)[C@@H](Cc1ccccc1)N1Cc2ccccc2C1=O. The molecule has 1 aliphatic heterocycles. The predicted molar refractivity (Wildman–Crippen MR) is 118 cm³/mol. The Morgan fingerprint density at radius 3 is 2.13 bits per heavy atom. The number of fused-ring (bicyclic) bond motifs is 1. The van der Waals surface area contributed by atoms with E-state index in [1.807, 2.05) is 96.8 Å². The topological polar surface area (TPSA) is 40.6 Å². The number of hydrogen-bond acceptors (Lipinski definition) is 2. The molecular weight excluding hydrogens is 372 g/mol. The summed E-state index contributed by atoms with van der Waals surface area (Å²) in [6.07, 6.45) is 0.505. The molecule has 4 rings (SSSR count). The third-order valence-corrected chi connectivity index (χ3v) is 5.69. The summed E-state index contributed by atoms with van der Waals surface area (Å²) in [7, 11) is 0. The zero-order valence-corrected chi connectivity index (χ0v) is 17.2. The molecule has 30 heavy (non-hydrogen) atoms. The van der Waals surface area contributed by atoms with E-state index in [0.717, 1.165) is 16.7 Å². The minimum atomic E-state index is -0.532. The van der Waals surface area contributed by atoms with Crippen LogP contribution in [0.1, 0.15) is 34.0 Å².